The Balaban J connectivity index is 1.22. The Morgan fingerprint density at radius 2 is 1.68 bits per heavy atom. The highest BCUT2D eigenvalue weighted by Gasteiger charge is 2.20. The summed E-state index contributed by atoms with van der Waals surface area (Å²) in [4.78, 5) is 19.7. The zero-order valence-electron chi connectivity index (χ0n) is 21.5. The molecule has 0 unspecified atom stereocenters. The Hall–Kier alpha value is -4.20. The summed E-state index contributed by atoms with van der Waals surface area (Å²) in [6.45, 7) is 6.45. The number of aromatic amines is 2. The summed E-state index contributed by atoms with van der Waals surface area (Å²) in [6, 6.07) is 6.47. The molecule has 1 aliphatic carbocycles. The van der Waals surface area contributed by atoms with Gasteiger partial charge >= 0.3 is 0 Å². The van der Waals surface area contributed by atoms with E-state index in [-0.39, 0.29) is 0 Å². The van der Waals surface area contributed by atoms with Crippen molar-refractivity contribution in [2.45, 2.75) is 44.9 Å². The van der Waals surface area contributed by atoms with E-state index in [1.807, 2.05) is 31.0 Å². The molecule has 2 aliphatic rings. The Labute approximate surface area is 221 Å². The van der Waals surface area contributed by atoms with Crippen LogP contribution in [0.3, 0.4) is 0 Å². The summed E-state index contributed by atoms with van der Waals surface area (Å²) in [5.41, 5.74) is 8.86. The Bertz CT molecular complexity index is 1620. The van der Waals surface area contributed by atoms with Gasteiger partial charge in [0.05, 0.1) is 46.9 Å². The summed E-state index contributed by atoms with van der Waals surface area (Å²) < 4.78 is 0. The van der Waals surface area contributed by atoms with Gasteiger partial charge in [-0.25, -0.2) is 4.98 Å². The molecule has 5 aromatic rings. The number of fused-ring (bicyclic) bond motifs is 2. The fourth-order valence-corrected chi connectivity index (χ4v) is 6.05. The largest absolute Gasteiger partial charge is 0.370 e. The van der Waals surface area contributed by atoms with Crippen molar-refractivity contribution in [3.8, 4) is 22.5 Å². The van der Waals surface area contributed by atoms with Crippen molar-refractivity contribution in [2.75, 3.05) is 23.3 Å². The Kier molecular flexibility index (Phi) is 5.80. The lowest BCUT2D eigenvalue weighted by Gasteiger charge is -2.28. The van der Waals surface area contributed by atoms with Gasteiger partial charge < -0.3 is 15.2 Å². The van der Waals surface area contributed by atoms with E-state index in [0.29, 0.717) is 11.6 Å². The second-order valence-corrected chi connectivity index (χ2v) is 10.6. The van der Waals surface area contributed by atoms with Gasteiger partial charge in [-0.15, -0.1) is 0 Å². The summed E-state index contributed by atoms with van der Waals surface area (Å²) >= 11 is 0. The minimum absolute atomic E-state index is 0.548. The molecule has 0 radical (unpaired) electrons. The lowest BCUT2D eigenvalue weighted by Crippen LogP contribution is -2.29. The minimum atomic E-state index is 0.548. The maximum Gasteiger partial charge on any atom is 0.181 e. The van der Waals surface area contributed by atoms with E-state index in [1.165, 1.54) is 56.0 Å². The van der Waals surface area contributed by atoms with Crippen LogP contribution in [0.1, 0.15) is 44.9 Å². The van der Waals surface area contributed by atoms with Gasteiger partial charge in [-0.1, -0.05) is 19.4 Å². The molecule has 1 saturated carbocycles. The Morgan fingerprint density at radius 1 is 0.868 bits per heavy atom. The van der Waals surface area contributed by atoms with E-state index < -0.39 is 0 Å². The van der Waals surface area contributed by atoms with E-state index in [1.54, 1.807) is 0 Å². The molecule has 8 heteroatoms. The van der Waals surface area contributed by atoms with E-state index >= 15 is 0 Å². The number of piperidine rings is 1. The molecule has 0 spiro atoms. The fraction of sp³-hybridized carbons (Fsp3) is 0.333. The molecule has 0 aromatic carbocycles. The molecular formula is C30H32N8. The standard InChI is InChI=1S/C30H32N8/c1-19(20-7-3-4-8-20)34-23-11-21(14-31-16-23)22-12-25-29(36-37-30(25)33-15-22)26-13-24-27(35-26)17-32-18-28(24)38-9-5-2-6-10-38/h11-18,20,34-35H,1-10H2,(H,33,36,37). The van der Waals surface area contributed by atoms with Crippen LogP contribution in [-0.4, -0.2) is 43.2 Å². The monoisotopic (exact) mass is 504 g/mol. The third kappa shape index (κ3) is 4.20. The molecule has 192 valence electrons. The first-order chi connectivity index (χ1) is 18.7. The number of anilines is 2. The number of aromatic nitrogens is 6. The molecule has 5 aromatic heterocycles. The molecule has 0 bridgehead atoms. The quantitative estimate of drug-likeness (QED) is 0.239. The number of nitrogens with zero attached hydrogens (tertiary/aromatic N) is 5. The van der Waals surface area contributed by atoms with Gasteiger partial charge in [0.1, 0.15) is 0 Å². The van der Waals surface area contributed by atoms with Gasteiger partial charge in [0.2, 0.25) is 0 Å². The number of pyridine rings is 3. The fourth-order valence-electron chi connectivity index (χ4n) is 6.05. The van der Waals surface area contributed by atoms with E-state index in [2.05, 4.69) is 65.1 Å². The van der Waals surface area contributed by atoms with Gasteiger partial charge in [-0.2, -0.15) is 5.10 Å². The predicted molar refractivity (Wildman–Crippen MR) is 153 cm³/mol. The summed E-state index contributed by atoms with van der Waals surface area (Å²) in [5, 5.41) is 13.4. The summed E-state index contributed by atoms with van der Waals surface area (Å²) in [5.74, 6) is 0.548. The maximum atomic E-state index is 4.66. The van der Waals surface area contributed by atoms with Crippen LogP contribution >= 0.6 is 0 Å². The molecule has 0 atom stereocenters. The normalized spacial score (nSPS) is 16.5. The van der Waals surface area contributed by atoms with Crippen molar-refractivity contribution in [2.24, 2.45) is 5.92 Å². The molecule has 2 fully saturated rings. The topological polar surface area (TPSA) is 98.4 Å². The molecule has 3 N–H and O–H groups in total. The predicted octanol–water partition coefficient (Wildman–Crippen LogP) is 6.67. The molecule has 1 saturated heterocycles. The van der Waals surface area contributed by atoms with Crippen LogP contribution in [0.5, 0.6) is 0 Å². The molecule has 8 nitrogen and oxygen atoms in total. The van der Waals surface area contributed by atoms with Crippen molar-refractivity contribution in [3.05, 3.63) is 61.5 Å². The third-order valence-corrected chi connectivity index (χ3v) is 8.12. The van der Waals surface area contributed by atoms with Crippen molar-refractivity contribution < 1.29 is 0 Å². The van der Waals surface area contributed by atoms with Crippen molar-refractivity contribution in [1.82, 2.24) is 30.1 Å². The first-order valence-electron chi connectivity index (χ1n) is 13.7. The van der Waals surface area contributed by atoms with Gasteiger partial charge in [-0.3, -0.25) is 15.1 Å². The van der Waals surface area contributed by atoms with Crippen molar-refractivity contribution in [3.63, 3.8) is 0 Å². The van der Waals surface area contributed by atoms with Crippen LogP contribution in [0.15, 0.2) is 61.5 Å². The first-order valence-corrected chi connectivity index (χ1v) is 13.7. The second kappa shape index (κ2) is 9.59. The Morgan fingerprint density at radius 3 is 2.55 bits per heavy atom. The van der Waals surface area contributed by atoms with E-state index in [9.17, 15) is 0 Å². The van der Waals surface area contributed by atoms with Crippen molar-refractivity contribution in [1.29, 1.82) is 0 Å². The number of hydrogen-bond acceptors (Lipinski definition) is 6. The SMILES string of the molecule is C=C(Nc1cncc(-c2cnc3n[nH]c(-c4cc5c(N6CCCCC6)cncc5[nH]4)c3c2)c1)C1CCCC1. The van der Waals surface area contributed by atoms with Gasteiger partial charge in [-0.05, 0) is 56.2 Å². The highest BCUT2D eigenvalue weighted by molar-refractivity contribution is 5.99. The molecule has 38 heavy (non-hydrogen) atoms. The maximum absolute atomic E-state index is 4.66. The average Bonchev–Trinajstić information content (AvgIpc) is 3.73. The molecule has 6 heterocycles. The van der Waals surface area contributed by atoms with Crippen LogP contribution in [0.25, 0.3) is 44.5 Å². The average molecular weight is 505 g/mol. The number of allylic oxidation sites excluding steroid dienone is 1. The second-order valence-electron chi connectivity index (χ2n) is 10.6. The summed E-state index contributed by atoms with van der Waals surface area (Å²) in [7, 11) is 0. The number of H-pyrrole nitrogens is 2. The van der Waals surface area contributed by atoms with Gasteiger partial charge in [0, 0.05) is 53.1 Å². The number of nitrogens with one attached hydrogen (secondary N) is 3. The highest BCUT2D eigenvalue weighted by Crippen LogP contribution is 2.35. The van der Waals surface area contributed by atoms with Crippen molar-refractivity contribution >= 4 is 33.3 Å². The summed E-state index contributed by atoms with van der Waals surface area (Å²) in [6.07, 6.45) is 18.3. The smallest absolute Gasteiger partial charge is 0.181 e. The zero-order valence-corrected chi connectivity index (χ0v) is 21.5. The van der Waals surface area contributed by atoms with Crippen LogP contribution in [-0.2, 0) is 0 Å². The molecule has 0 amide bonds. The van der Waals surface area contributed by atoms with E-state index in [4.69, 9.17) is 0 Å². The third-order valence-electron chi connectivity index (χ3n) is 8.12. The van der Waals surface area contributed by atoms with Crippen LogP contribution in [0, 0.1) is 5.92 Å². The zero-order chi connectivity index (χ0) is 25.5. The lowest BCUT2D eigenvalue weighted by molar-refractivity contribution is 0.578. The molecule has 7 rings (SSSR count). The highest BCUT2D eigenvalue weighted by atomic mass is 15.2. The lowest BCUT2D eigenvalue weighted by atomic mass is 10.0. The molecule has 1 aliphatic heterocycles. The van der Waals surface area contributed by atoms with E-state index in [0.717, 1.165) is 57.9 Å². The first kappa shape index (κ1) is 23.0. The van der Waals surface area contributed by atoms with Gasteiger partial charge in [0.25, 0.3) is 0 Å². The minimum Gasteiger partial charge on any atom is -0.370 e. The molecular weight excluding hydrogens is 472 g/mol. The van der Waals surface area contributed by atoms with Gasteiger partial charge in [0.15, 0.2) is 5.65 Å². The number of rotatable bonds is 6. The number of hydrogen-bond donors (Lipinski definition) is 3. The van der Waals surface area contributed by atoms with Crippen LogP contribution in [0.2, 0.25) is 0 Å². The van der Waals surface area contributed by atoms with Crippen LogP contribution in [0.4, 0.5) is 11.4 Å². The van der Waals surface area contributed by atoms with Crippen LogP contribution < -0.4 is 10.2 Å².